The maximum Gasteiger partial charge on any atom is 0.243 e. The predicted molar refractivity (Wildman–Crippen MR) is 124 cm³/mol. The van der Waals surface area contributed by atoms with Crippen LogP contribution in [0.4, 0.5) is 11.4 Å². The molecule has 2 aliphatic rings. The number of nitrogens with one attached hydrogen (secondary N) is 1. The van der Waals surface area contributed by atoms with E-state index in [-0.39, 0.29) is 29.3 Å². The first-order chi connectivity index (χ1) is 15.2. The Hall–Kier alpha value is -2.42. The summed E-state index contributed by atoms with van der Waals surface area (Å²) < 4.78 is 28.1. The number of fused-ring (bicyclic) bond motifs is 1. The van der Waals surface area contributed by atoms with Crippen molar-refractivity contribution < 1.29 is 18.0 Å². The molecule has 2 aromatic rings. The Labute approximate surface area is 193 Å². The molecule has 2 aromatic carbocycles. The molecule has 0 radical (unpaired) electrons. The summed E-state index contributed by atoms with van der Waals surface area (Å²) in [4.78, 5) is 26.6. The normalized spacial score (nSPS) is 21.3. The first-order valence-corrected chi connectivity index (χ1v) is 12.5. The quantitative estimate of drug-likeness (QED) is 0.730. The minimum atomic E-state index is -3.76. The largest absolute Gasteiger partial charge is 0.326 e. The Bertz CT molecular complexity index is 1170. The van der Waals surface area contributed by atoms with E-state index in [2.05, 4.69) is 5.32 Å². The van der Waals surface area contributed by atoms with Gasteiger partial charge in [-0.3, -0.25) is 9.59 Å². The number of nitrogens with zero attached hydrogens (tertiary/aromatic N) is 2. The van der Waals surface area contributed by atoms with Gasteiger partial charge < -0.3 is 10.2 Å². The minimum Gasteiger partial charge on any atom is -0.326 e. The van der Waals surface area contributed by atoms with Crippen molar-refractivity contribution in [3.8, 4) is 0 Å². The smallest absolute Gasteiger partial charge is 0.243 e. The highest BCUT2D eigenvalue weighted by atomic mass is 35.5. The molecule has 2 aliphatic heterocycles. The van der Waals surface area contributed by atoms with E-state index in [1.165, 1.54) is 11.2 Å². The first kappa shape index (κ1) is 22.8. The molecule has 0 saturated carbocycles. The van der Waals surface area contributed by atoms with Gasteiger partial charge in [0.1, 0.15) is 0 Å². The van der Waals surface area contributed by atoms with Crippen molar-refractivity contribution in [2.45, 2.75) is 44.0 Å². The maximum absolute atomic E-state index is 13.4. The van der Waals surface area contributed by atoms with Crippen molar-refractivity contribution >= 4 is 44.8 Å². The minimum absolute atomic E-state index is 0.00462. The molecular weight excluding hydrogens is 450 g/mol. The Morgan fingerprint density at radius 1 is 1.16 bits per heavy atom. The van der Waals surface area contributed by atoms with E-state index < -0.39 is 15.9 Å². The summed E-state index contributed by atoms with van der Waals surface area (Å²) in [6.45, 7) is 3.96. The van der Waals surface area contributed by atoms with Crippen LogP contribution in [0.15, 0.2) is 47.4 Å². The zero-order valence-electron chi connectivity index (χ0n) is 18.0. The highest BCUT2D eigenvalue weighted by Crippen LogP contribution is 2.35. The van der Waals surface area contributed by atoms with Gasteiger partial charge in [-0.1, -0.05) is 17.7 Å². The maximum atomic E-state index is 13.4. The number of rotatable bonds is 4. The molecule has 32 heavy (non-hydrogen) atoms. The molecule has 2 amide bonds. The first-order valence-electron chi connectivity index (χ1n) is 10.7. The van der Waals surface area contributed by atoms with Crippen LogP contribution in [0.5, 0.6) is 0 Å². The van der Waals surface area contributed by atoms with Crippen molar-refractivity contribution in [3.05, 3.63) is 53.1 Å². The van der Waals surface area contributed by atoms with Crippen molar-refractivity contribution in [2.75, 3.05) is 23.3 Å². The van der Waals surface area contributed by atoms with E-state index in [4.69, 9.17) is 11.6 Å². The van der Waals surface area contributed by atoms with E-state index in [1.54, 1.807) is 47.4 Å². The Morgan fingerprint density at radius 3 is 2.66 bits per heavy atom. The predicted octanol–water partition coefficient (Wildman–Crippen LogP) is 3.68. The molecule has 0 bridgehead atoms. The van der Waals surface area contributed by atoms with E-state index in [0.29, 0.717) is 36.5 Å². The van der Waals surface area contributed by atoms with Gasteiger partial charge in [-0.2, -0.15) is 4.31 Å². The SMILES string of the molecule is CC(=O)N1c2ccc(S(=O)(=O)N3CCC[C@H](C(=O)Nc4cccc(Cl)c4)C3)cc2C[C@@H]1C. The van der Waals surface area contributed by atoms with Crippen LogP contribution in [0.25, 0.3) is 0 Å². The number of hydrogen-bond donors (Lipinski definition) is 1. The number of benzene rings is 2. The molecule has 0 spiro atoms. The fraction of sp³-hybridized carbons (Fsp3) is 0.391. The molecule has 0 aliphatic carbocycles. The summed E-state index contributed by atoms with van der Waals surface area (Å²) >= 11 is 5.98. The van der Waals surface area contributed by atoms with Crippen LogP contribution in [0.1, 0.15) is 32.3 Å². The van der Waals surface area contributed by atoms with Gasteiger partial charge in [0, 0.05) is 42.5 Å². The lowest BCUT2D eigenvalue weighted by Crippen LogP contribution is -2.43. The third-order valence-electron chi connectivity index (χ3n) is 6.09. The summed E-state index contributed by atoms with van der Waals surface area (Å²) in [5.41, 5.74) is 2.20. The molecule has 4 rings (SSSR count). The number of hydrogen-bond acceptors (Lipinski definition) is 4. The molecule has 1 fully saturated rings. The van der Waals surface area contributed by atoms with Gasteiger partial charge in [0.05, 0.1) is 10.8 Å². The molecule has 0 unspecified atom stereocenters. The van der Waals surface area contributed by atoms with Crippen molar-refractivity contribution in [1.29, 1.82) is 0 Å². The fourth-order valence-corrected chi connectivity index (χ4v) is 6.35. The van der Waals surface area contributed by atoms with Gasteiger partial charge in [-0.15, -0.1) is 0 Å². The Kier molecular flexibility index (Phi) is 6.29. The average Bonchev–Trinajstić information content (AvgIpc) is 3.09. The van der Waals surface area contributed by atoms with Crippen molar-refractivity contribution in [3.63, 3.8) is 0 Å². The molecule has 1 saturated heterocycles. The van der Waals surface area contributed by atoms with Crippen LogP contribution in [0, 0.1) is 5.92 Å². The number of anilines is 2. The summed E-state index contributed by atoms with van der Waals surface area (Å²) in [5.74, 6) is -0.719. The lowest BCUT2D eigenvalue weighted by Gasteiger charge is -2.31. The summed E-state index contributed by atoms with van der Waals surface area (Å²) in [6, 6.07) is 11.8. The molecule has 2 atom stereocenters. The Morgan fingerprint density at radius 2 is 1.94 bits per heavy atom. The van der Waals surface area contributed by atoms with E-state index in [9.17, 15) is 18.0 Å². The third kappa shape index (κ3) is 4.40. The van der Waals surface area contributed by atoms with Gasteiger partial charge in [0.25, 0.3) is 0 Å². The second-order valence-electron chi connectivity index (χ2n) is 8.43. The summed E-state index contributed by atoms with van der Waals surface area (Å²) in [7, 11) is -3.76. The van der Waals surface area contributed by atoms with Crippen LogP contribution in [0.2, 0.25) is 5.02 Å². The van der Waals surface area contributed by atoms with Crippen molar-refractivity contribution in [1.82, 2.24) is 4.31 Å². The van der Waals surface area contributed by atoms with Crippen LogP contribution in [0.3, 0.4) is 0 Å². The lowest BCUT2D eigenvalue weighted by molar-refractivity contribution is -0.121. The molecule has 7 nitrogen and oxygen atoms in total. The second-order valence-corrected chi connectivity index (χ2v) is 10.8. The van der Waals surface area contributed by atoms with E-state index >= 15 is 0 Å². The van der Waals surface area contributed by atoms with Crippen LogP contribution >= 0.6 is 11.6 Å². The molecule has 170 valence electrons. The monoisotopic (exact) mass is 475 g/mol. The number of carbonyl (C=O) groups is 2. The number of halogens is 1. The summed E-state index contributed by atoms with van der Waals surface area (Å²) in [5, 5.41) is 3.35. The van der Waals surface area contributed by atoms with Gasteiger partial charge in [-0.25, -0.2) is 8.42 Å². The molecule has 0 aromatic heterocycles. The average molecular weight is 476 g/mol. The fourth-order valence-electron chi connectivity index (χ4n) is 4.58. The lowest BCUT2D eigenvalue weighted by atomic mass is 9.99. The van der Waals surface area contributed by atoms with Crippen molar-refractivity contribution in [2.24, 2.45) is 5.92 Å². The highest BCUT2D eigenvalue weighted by Gasteiger charge is 2.35. The summed E-state index contributed by atoms with van der Waals surface area (Å²) in [6.07, 6.45) is 1.84. The van der Waals surface area contributed by atoms with Gasteiger partial charge in [0.2, 0.25) is 21.8 Å². The molecule has 9 heteroatoms. The number of piperidine rings is 1. The van der Waals surface area contributed by atoms with Crippen LogP contribution in [-0.2, 0) is 26.0 Å². The third-order valence-corrected chi connectivity index (χ3v) is 8.19. The van der Waals surface area contributed by atoms with Gasteiger partial charge in [-0.05, 0) is 68.1 Å². The van der Waals surface area contributed by atoms with E-state index in [1.807, 2.05) is 6.92 Å². The van der Waals surface area contributed by atoms with Gasteiger partial charge in [0.15, 0.2) is 0 Å². The molecular formula is C23H26ClN3O4S. The number of sulfonamides is 1. The molecule has 1 N–H and O–H groups in total. The van der Waals surface area contributed by atoms with Crippen LogP contribution < -0.4 is 10.2 Å². The topological polar surface area (TPSA) is 86.8 Å². The molecule has 2 heterocycles. The van der Waals surface area contributed by atoms with Gasteiger partial charge >= 0.3 is 0 Å². The standard InChI is InChI=1S/C23H26ClN3O4S/c1-15-11-18-12-21(8-9-22(18)27(15)16(2)28)32(30,31)26-10-4-5-17(14-26)23(29)25-20-7-3-6-19(24)13-20/h3,6-9,12-13,15,17H,4-5,10-11,14H2,1-2H3,(H,25,29)/t15-,17-/m0/s1. The number of amides is 2. The Balaban J connectivity index is 1.51. The van der Waals surface area contributed by atoms with Crippen LogP contribution in [-0.4, -0.2) is 43.7 Å². The highest BCUT2D eigenvalue weighted by molar-refractivity contribution is 7.89. The zero-order valence-corrected chi connectivity index (χ0v) is 19.6. The zero-order chi connectivity index (χ0) is 23.0. The van der Waals surface area contributed by atoms with E-state index in [0.717, 1.165) is 11.3 Å². The number of carbonyl (C=O) groups excluding carboxylic acids is 2. The second kappa shape index (κ2) is 8.84.